The summed E-state index contributed by atoms with van der Waals surface area (Å²) in [6.07, 6.45) is 2.35. The number of hydrogen-bond donors (Lipinski definition) is 0. The zero-order chi connectivity index (χ0) is 10.0. The number of benzene rings is 1. The molecule has 0 amide bonds. The van der Waals surface area contributed by atoms with E-state index < -0.39 is 0 Å². The van der Waals surface area contributed by atoms with Gasteiger partial charge in [0.15, 0.2) is 0 Å². The lowest BCUT2D eigenvalue weighted by Gasteiger charge is -2.33. The maximum atomic E-state index is 5.99. The van der Waals surface area contributed by atoms with E-state index in [4.69, 9.17) is 4.74 Å². The van der Waals surface area contributed by atoms with Crippen LogP contribution in [0.2, 0.25) is 0 Å². The fraction of sp³-hybridized carbons (Fsp3) is 0.538. The summed E-state index contributed by atoms with van der Waals surface area (Å²) < 4.78 is 5.99. The van der Waals surface area contributed by atoms with Gasteiger partial charge in [0.1, 0.15) is 0 Å². The molecule has 1 fully saturated rings. The molecule has 0 aromatic heterocycles. The fourth-order valence-corrected chi connectivity index (χ4v) is 2.40. The Kier molecular flexibility index (Phi) is 2.60. The number of hydrogen-bond acceptors (Lipinski definition) is 1. The molecule has 1 heterocycles. The highest BCUT2D eigenvalue weighted by atomic mass is 16.5. The van der Waals surface area contributed by atoms with Gasteiger partial charge in [-0.3, -0.25) is 0 Å². The summed E-state index contributed by atoms with van der Waals surface area (Å²) >= 11 is 0. The Morgan fingerprint density at radius 2 is 1.93 bits per heavy atom. The van der Waals surface area contributed by atoms with Crippen LogP contribution in [0.25, 0.3) is 0 Å². The molecule has 76 valence electrons. The fourth-order valence-electron chi connectivity index (χ4n) is 2.40. The van der Waals surface area contributed by atoms with E-state index in [0.29, 0.717) is 5.92 Å². The van der Waals surface area contributed by atoms with Gasteiger partial charge in [-0.1, -0.05) is 44.2 Å². The van der Waals surface area contributed by atoms with Crippen LogP contribution in [0.15, 0.2) is 30.3 Å². The van der Waals surface area contributed by atoms with E-state index >= 15 is 0 Å². The average molecular weight is 190 g/mol. The smallest absolute Gasteiger partial charge is 0.0954 e. The molecule has 0 saturated carbocycles. The third-order valence-corrected chi connectivity index (χ3v) is 3.25. The topological polar surface area (TPSA) is 9.23 Å². The minimum Gasteiger partial charge on any atom is -0.370 e. The first kappa shape index (κ1) is 9.72. The SMILES string of the molecule is CC(C)C1(c2ccccc2)CCCO1. The Morgan fingerprint density at radius 3 is 2.43 bits per heavy atom. The normalized spacial score (nSPS) is 27.1. The van der Waals surface area contributed by atoms with Crippen molar-refractivity contribution < 1.29 is 4.74 Å². The maximum Gasteiger partial charge on any atom is 0.0954 e. The summed E-state index contributed by atoms with van der Waals surface area (Å²) in [5.74, 6) is 0.549. The van der Waals surface area contributed by atoms with Crippen LogP contribution in [-0.2, 0) is 10.3 Å². The van der Waals surface area contributed by atoms with Crippen molar-refractivity contribution in [2.24, 2.45) is 5.92 Å². The maximum absolute atomic E-state index is 5.99. The molecule has 0 N–H and O–H groups in total. The lowest BCUT2D eigenvalue weighted by molar-refractivity contribution is -0.0382. The zero-order valence-corrected chi connectivity index (χ0v) is 8.99. The minimum atomic E-state index is -0.0126. The van der Waals surface area contributed by atoms with Crippen LogP contribution in [0, 0.1) is 5.92 Å². The summed E-state index contributed by atoms with van der Waals surface area (Å²) in [5.41, 5.74) is 1.33. The first-order valence-corrected chi connectivity index (χ1v) is 5.45. The lowest BCUT2D eigenvalue weighted by atomic mass is 9.81. The molecule has 1 aliphatic heterocycles. The molecule has 0 aliphatic carbocycles. The molecule has 0 bridgehead atoms. The van der Waals surface area contributed by atoms with Crippen molar-refractivity contribution in [3.05, 3.63) is 35.9 Å². The van der Waals surface area contributed by atoms with E-state index in [9.17, 15) is 0 Å². The summed E-state index contributed by atoms with van der Waals surface area (Å²) in [6, 6.07) is 10.6. The Labute approximate surface area is 86.1 Å². The van der Waals surface area contributed by atoms with Gasteiger partial charge in [0.25, 0.3) is 0 Å². The van der Waals surface area contributed by atoms with Gasteiger partial charge in [-0.05, 0) is 24.3 Å². The quantitative estimate of drug-likeness (QED) is 0.695. The van der Waals surface area contributed by atoms with Crippen LogP contribution >= 0.6 is 0 Å². The molecular weight excluding hydrogens is 172 g/mol. The van der Waals surface area contributed by atoms with Crippen LogP contribution in [0.3, 0.4) is 0 Å². The monoisotopic (exact) mass is 190 g/mol. The Balaban J connectivity index is 2.36. The zero-order valence-electron chi connectivity index (χ0n) is 8.99. The van der Waals surface area contributed by atoms with E-state index in [0.717, 1.165) is 13.0 Å². The average Bonchev–Trinajstić information content (AvgIpc) is 2.69. The second-order valence-corrected chi connectivity index (χ2v) is 4.36. The minimum absolute atomic E-state index is 0.0126. The van der Waals surface area contributed by atoms with E-state index in [-0.39, 0.29) is 5.60 Å². The lowest BCUT2D eigenvalue weighted by Crippen LogP contribution is -2.31. The van der Waals surface area contributed by atoms with Gasteiger partial charge in [-0.15, -0.1) is 0 Å². The number of ether oxygens (including phenoxy) is 1. The molecule has 1 saturated heterocycles. The Hall–Kier alpha value is -0.820. The molecule has 2 rings (SSSR count). The van der Waals surface area contributed by atoms with Crippen molar-refractivity contribution in [2.75, 3.05) is 6.61 Å². The predicted molar refractivity (Wildman–Crippen MR) is 58.1 cm³/mol. The highest BCUT2D eigenvalue weighted by Crippen LogP contribution is 2.42. The van der Waals surface area contributed by atoms with E-state index in [2.05, 4.69) is 44.2 Å². The van der Waals surface area contributed by atoms with Crippen molar-refractivity contribution >= 4 is 0 Å². The first-order chi connectivity index (χ1) is 6.76. The predicted octanol–water partition coefficient (Wildman–Crippen LogP) is 3.35. The Morgan fingerprint density at radius 1 is 1.21 bits per heavy atom. The van der Waals surface area contributed by atoms with Crippen molar-refractivity contribution in [1.82, 2.24) is 0 Å². The van der Waals surface area contributed by atoms with Crippen molar-refractivity contribution in [3.63, 3.8) is 0 Å². The Bertz CT molecular complexity index is 283. The van der Waals surface area contributed by atoms with Crippen LogP contribution in [0.5, 0.6) is 0 Å². The van der Waals surface area contributed by atoms with E-state index in [1.54, 1.807) is 0 Å². The molecule has 0 spiro atoms. The first-order valence-electron chi connectivity index (χ1n) is 5.45. The van der Waals surface area contributed by atoms with Crippen LogP contribution < -0.4 is 0 Å². The summed E-state index contributed by atoms with van der Waals surface area (Å²) in [7, 11) is 0. The third-order valence-electron chi connectivity index (χ3n) is 3.25. The van der Waals surface area contributed by atoms with Gasteiger partial charge < -0.3 is 4.74 Å². The summed E-state index contributed by atoms with van der Waals surface area (Å²) in [6.45, 7) is 5.41. The van der Waals surface area contributed by atoms with Gasteiger partial charge in [0.05, 0.1) is 5.60 Å². The van der Waals surface area contributed by atoms with Gasteiger partial charge in [0.2, 0.25) is 0 Å². The van der Waals surface area contributed by atoms with E-state index in [1.807, 2.05) is 0 Å². The van der Waals surface area contributed by atoms with Crippen LogP contribution in [-0.4, -0.2) is 6.61 Å². The molecule has 1 aliphatic rings. The molecule has 1 heteroatoms. The van der Waals surface area contributed by atoms with E-state index in [1.165, 1.54) is 12.0 Å². The highest BCUT2D eigenvalue weighted by Gasteiger charge is 2.39. The summed E-state index contributed by atoms with van der Waals surface area (Å²) in [5, 5.41) is 0. The van der Waals surface area contributed by atoms with Gasteiger partial charge in [-0.2, -0.15) is 0 Å². The van der Waals surface area contributed by atoms with Crippen molar-refractivity contribution in [2.45, 2.75) is 32.3 Å². The molecular formula is C13H18O. The third kappa shape index (κ3) is 1.46. The molecule has 1 nitrogen and oxygen atoms in total. The highest BCUT2D eigenvalue weighted by molar-refractivity contribution is 5.24. The number of rotatable bonds is 2. The van der Waals surface area contributed by atoms with Crippen LogP contribution in [0.4, 0.5) is 0 Å². The van der Waals surface area contributed by atoms with Crippen LogP contribution in [0.1, 0.15) is 32.3 Å². The van der Waals surface area contributed by atoms with Gasteiger partial charge in [-0.25, -0.2) is 0 Å². The van der Waals surface area contributed by atoms with Gasteiger partial charge >= 0.3 is 0 Å². The standard InChI is InChI=1S/C13H18O/c1-11(2)13(9-6-10-14-13)12-7-4-3-5-8-12/h3-5,7-8,11H,6,9-10H2,1-2H3. The van der Waals surface area contributed by atoms with Crippen molar-refractivity contribution in [3.8, 4) is 0 Å². The molecule has 1 aromatic carbocycles. The molecule has 1 unspecified atom stereocenters. The molecule has 14 heavy (non-hydrogen) atoms. The molecule has 0 radical (unpaired) electrons. The second kappa shape index (κ2) is 3.74. The molecule has 1 atom stereocenters. The summed E-state index contributed by atoms with van der Waals surface area (Å²) in [4.78, 5) is 0. The van der Waals surface area contributed by atoms with Gasteiger partial charge in [0, 0.05) is 6.61 Å². The molecule has 1 aromatic rings. The van der Waals surface area contributed by atoms with Crippen molar-refractivity contribution in [1.29, 1.82) is 0 Å². The second-order valence-electron chi connectivity index (χ2n) is 4.36. The largest absolute Gasteiger partial charge is 0.370 e.